The molecule has 0 saturated carbocycles. The van der Waals surface area contributed by atoms with Crippen LogP contribution in [0.1, 0.15) is 29.4 Å². The van der Waals surface area contributed by atoms with Gasteiger partial charge < -0.3 is 19.7 Å². The normalized spacial score (nSPS) is 15.2. The van der Waals surface area contributed by atoms with Gasteiger partial charge in [-0.2, -0.15) is 9.78 Å². The number of fused-ring (bicyclic) bond motifs is 1. The predicted octanol–water partition coefficient (Wildman–Crippen LogP) is 4.82. The lowest BCUT2D eigenvalue weighted by atomic mass is 10.1. The second kappa shape index (κ2) is 11.3. The number of ether oxygens (including phenoxy) is 2. The molecule has 1 unspecified atom stereocenters. The molecule has 2 amide bonds. The fourth-order valence-electron chi connectivity index (χ4n) is 4.60. The zero-order chi connectivity index (χ0) is 30.2. The van der Waals surface area contributed by atoms with Crippen molar-refractivity contribution in [3.63, 3.8) is 0 Å². The summed E-state index contributed by atoms with van der Waals surface area (Å²) < 4.78 is 47.6. The highest BCUT2D eigenvalue weighted by molar-refractivity contribution is 7.16. The van der Waals surface area contributed by atoms with E-state index in [1.54, 1.807) is 13.0 Å². The van der Waals surface area contributed by atoms with E-state index < -0.39 is 35.5 Å². The van der Waals surface area contributed by atoms with E-state index in [0.29, 0.717) is 5.69 Å². The van der Waals surface area contributed by atoms with E-state index in [2.05, 4.69) is 15.2 Å². The predicted molar refractivity (Wildman–Crippen MR) is 148 cm³/mol. The minimum Gasteiger partial charge on any atom is -0.461 e. The Balaban J connectivity index is 1.49. The Kier molecular flexibility index (Phi) is 7.73. The molecule has 10 nitrogen and oxygen atoms in total. The number of alkyl halides is 3. The first-order valence-corrected chi connectivity index (χ1v) is 13.6. The fourth-order valence-corrected chi connectivity index (χ4v) is 5.54. The van der Waals surface area contributed by atoms with Crippen LogP contribution < -0.4 is 20.5 Å². The summed E-state index contributed by atoms with van der Waals surface area (Å²) in [4.78, 5) is 53.9. The van der Waals surface area contributed by atoms with E-state index in [1.165, 1.54) is 22.4 Å². The van der Waals surface area contributed by atoms with Gasteiger partial charge in [0.05, 0.1) is 23.6 Å². The molecule has 0 spiro atoms. The van der Waals surface area contributed by atoms with Crippen molar-refractivity contribution >= 4 is 50.6 Å². The van der Waals surface area contributed by atoms with Crippen molar-refractivity contribution < 1.29 is 37.0 Å². The average molecular weight is 601 g/mol. The first kappa shape index (κ1) is 28.8. The third-order valence-corrected chi connectivity index (χ3v) is 7.38. The Morgan fingerprint density at radius 1 is 1.12 bits per heavy atom. The van der Waals surface area contributed by atoms with Crippen molar-refractivity contribution in [1.82, 2.24) is 9.78 Å². The maximum atomic E-state index is 13.6. The van der Waals surface area contributed by atoms with Gasteiger partial charge in [0.25, 0.3) is 5.56 Å². The van der Waals surface area contributed by atoms with Gasteiger partial charge >= 0.3 is 12.3 Å². The number of rotatable bonds is 7. The SMILES string of the molecule is CCOC(=O)c1nn(-c2ccc(OC(F)(F)F)cc2)c(=O)c2c(NC(=O)C3CC(=O)N(c4cccc(C)c4)C3)scc12. The summed E-state index contributed by atoms with van der Waals surface area (Å²) in [5.74, 6) is -2.76. The highest BCUT2D eigenvalue weighted by atomic mass is 32.1. The minimum atomic E-state index is -4.91. The molecule has 0 bridgehead atoms. The number of hydrogen-bond donors (Lipinski definition) is 1. The van der Waals surface area contributed by atoms with E-state index in [-0.39, 0.29) is 52.6 Å². The first-order chi connectivity index (χ1) is 19.9. The second-order valence-electron chi connectivity index (χ2n) is 9.41. The molecule has 0 radical (unpaired) electrons. The number of amides is 2. The maximum absolute atomic E-state index is 13.6. The van der Waals surface area contributed by atoms with E-state index in [4.69, 9.17) is 4.74 Å². The second-order valence-corrected chi connectivity index (χ2v) is 10.3. The molecular weight excluding hydrogens is 577 g/mol. The molecule has 1 aliphatic rings. The van der Waals surface area contributed by atoms with Crippen LogP contribution in [0.15, 0.2) is 58.7 Å². The number of halogens is 3. The summed E-state index contributed by atoms with van der Waals surface area (Å²) in [5, 5.41) is 8.56. The number of aromatic nitrogens is 2. The third-order valence-electron chi connectivity index (χ3n) is 6.48. The molecule has 218 valence electrons. The molecule has 0 aliphatic carbocycles. The monoisotopic (exact) mass is 600 g/mol. The molecule has 1 aliphatic heterocycles. The number of nitrogens with zero attached hydrogens (tertiary/aromatic N) is 3. The van der Waals surface area contributed by atoms with Gasteiger partial charge in [-0.05, 0) is 55.8 Å². The van der Waals surface area contributed by atoms with Crippen molar-refractivity contribution in [1.29, 1.82) is 0 Å². The Labute approximate surface area is 240 Å². The molecule has 2 aromatic heterocycles. The third kappa shape index (κ3) is 5.84. The van der Waals surface area contributed by atoms with Crippen LogP contribution in [0, 0.1) is 12.8 Å². The standard InChI is InChI=1S/C28H23F3N4O6S/c1-3-40-27(39)23-20-14-42-25(32-24(37)16-12-21(36)34(13-16)18-6-4-5-15(2)11-18)22(20)26(38)35(33-23)17-7-9-19(10-8-17)41-28(29,30)31/h4-11,14,16H,3,12-13H2,1-2H3,(H,32,37). The van der Waals surface area contributed by atoms with Gasteiger partial charge in [0.15, 0.2) is 5.69 Å². The number of hydrogen-bond acceptors (Lipinski definition) is 8. The summed E-state index contributed by atoms with van der Waals surface area (Å²) >= 11 is 0.990. The lowest BCUT2D eigenvalue weighted by molar-refractivity contribution is -0.274. The molecule has 1 atom stereocenters. The maximum Gasteiger partial charge on any atom is 0.573 e. The minimum absolute atomic E-state index is 0.0193. The van der Waals surface area contributed by atoms with Gasteiger partial charge in [0, 0.05) is 29.4 Å². The fraction of sp³-hybridized carbons (Fsp3) is 0.250. The van der Waals surface area contributed by atoms with Crippen LogP contribution in [0.2, 0.25) is 0 Å². The van der Waals surface area contributed by atoms with Crippen LogP contribution in [-0.4, -0.2) is 47.1 Å². The number of nitrogens with one attached hydrogen (secondary N) is 1. The Morgan fingerprint density at radius 3 is 2.52 bits per heavy atom. The van der Waals surface area contributed by atoms with E-state index in [1.807, 2.05) is 25.1 Å². The Morgan fingerprint density at radius 2 is 1.86 bits per heavy atom. The summed E-state index contributed by atoms with van der Waals surface area (Å²) in [6.07, 6.45) is -4.94. The van der Waals surface area contributed by atoms with Gasteiger partial charge in [-0.3, -0.25) is 14.4 Å². The number of benzene rings is 2. The van der Waals surface area contributed by atoms with Gasteiger partial charge in [0.2, 0.25) is 11.8 Å². The Hall–Kier alpha value is -4.72. The van der Waals surface area contributed by atoms with E-state index in [0.717, 1.165) is 33.7 Å². The quantitative estimate of drug-likeness (QED) is 0.302. The van der Waals surface area contributed by atoms with E-state index >= 15 is 0 Å². The molecule has 42 heavy (non-hydrogen) atoms. The van der Waals surface area contributed by atoms with Crippen molar-refractivity contribution in [3.05, 3.63) is 75.5 Å². The number of esters is 1. The van der Waals surface area contributed by atoms with Crippen molar-refractivity contribution in [3.8, 4) is 11.4 Å². The van der Waals surface area contributed by atoms with Crippen LogP contribution in [0.25, 0.3) is 16.5 Å². The number of anilines is 2. The summed E-state index contributed by atoms with van der Waals surface area (Å²) in [7, 11) is 0. The highest BCUT2D eigenvalue weighted by Gasteiger charge is 2.36. The molecule has 4 aromatic rings. The zero-order valence-electron chi connectivity index (χ0n) is 22.2. The molecular formula is C28H23F3N4O6S. The molecule has 1 saturated heterocycles. The highest BCUT2D eigenvalue weighted by Crippen LogP contribution is 2.33. The number of thiophene rings is 1. The number of aryl methyl sites for hydroxylation is 1. The molecule has 3 heterocycles. The molecule has 1 N–H and O–H groups in total. The van der Waals surface area contributed by atoms with Gasteiger partial charge in [-0.25, -0.2) is 4.79 Å². The van der Waals surface area contributed by atoms with Crippen LogP contribution in [0.3, 0.4) is 0 Å². The number of carbonyl (C=O) groups excluding carboxylic acids is 3. The van der Waals surface area contributed by atoms with Gasteiger partial charge in [-0.15, -0.1) is 24.5 Å². The molecule has 5 rings (SSSR count). The van der Waals surface area contributed by atoms with Crippen LogP contribution in [0.5, 0.6) is 5.75 Å². The number of carbonyl (C=O) groups is 3. The van der Waals surface area contributed by atoms with Crippen LogP contribution in [0.4, 0.5) is 23.9 Å². The lowest BCUT2D eigenvalue weighted by Gasteiger charge is -2.17. The molecule has 2 aromatic carbocycles. The van der Waals surface area contributed by atoms with Crippen LogP contribution in [-0.2, 0) is 14.3 Å². The summed E-state index contributed by atoms with van der Waals surface area (Å²) in [5.41, 5.74) is 0.726. The summed E-state index contributed by atoms with van der Waals surface area (Å²) in [6.45, 7) is 3.65. The van der Waals surface area contributed by atoms with Crippen LogP contribution >= 0.6 is 11.3 Å². The van der Waals surface area contributed by atoms with Crippen molar-refractivity contribution in [2.45, 2.75) is 26.6 Å². The topological polar surface area (TPSA) is 120 Å². The lowest BCUT2D eigenvalue weighted by Crippen LogP contribution is -2.29. The van der Waals surface area contributed by atoms with Crippen molar-refractivity contribution in [2.24, 2.45) is 5.92 Å². The summed E-state index contributed by atoms with van der Waals surface area (Å²) in [6, 6.07) is 11.7. The first-order valence-electron chi connectivity index (χ1n) is 12.7. The van der Waals surface area contributed by atoms with Gasteiger partial charge in [0.1, 0.15) is 10.8 Å². The van der Waals surface area contributed by atoms with Gasteiger partial charge in [-0.1, -0.05) is 12.1 Å². The Bertz CT molecular complexity index is 1750. The van der Waals surface area contributed by atoms with Crippen molar-refractivity contribution in [2.75, 3.05) is 23.4 Å². The average Bonchev–Trinajstić information content (AvgIpc) is 3.53. The largest absolute Gasteiger partial charge is 0.573 e. The molecule has 1 fully saturated rings. The zero-order valence-corrected chi connectivity index (χ0v) is 23.0. The smallest absolute Gasteiger partial charge is 0.461 e. The molecule has 14 heteroatoms. The van der Waals surface area contributed by atoms with E-state index in [9.17, 15) is 32.3 Å².